The fourth-order valence-electron chi connectivity index (χ4n) is 1.58. The summed E-state index contributed by atoms with van der Waals surface area (Å²) in [6.07, 6.45) is 2.90. The van der Waals surface area contributed by atoms with Gasteiger partial charge in [-0.15, -0.1) is 0 Å². The molecule has 0 aliphatic heterocycles. The zero-order valence-electron chi connectivity index (χ0n) is 9.97. The van der Waals surface area contributed by atoms with Crippen molar-refractivity contribution in [2.24, 2.45) is 0 Å². The predicted octanol–water partition coefficient (Wildman–Crippen LogP) is 1.47. The van der Waals surface area contributed by atoms with Gasteiger partial charge in [0.2, 0.25) is 5.82 Å². The van der Waals surface area contributed by atoms with Crippen LogP contribution < -0.4 is 0 Å². The molecule has 2 heterocycles. The highest BCUT2D eigenvalue weighted by atomic mass is 32.2. The van der Waals surface area contributed by atoms with Crippen LogP contribution in [0.25, 0.3) is 0 Å². The Morgan fingerprint density at radius 3 is 2.89 bits per heavy atom. The fraction of sp³-hybridized carbons (Fsp3) is 0.273. The average Bonchev–Trinajstić information content (AvgIpc) is 2.81. The summed E-state index contributed by atoms with van der Waals surface area (Å²) >= 11 is 1.44. The van der Waals surface area contributed by atoms with Crippen LogP contribution in [0.4, 0.5) is 5.82 Å². The molecule has 0 aliphatic carbocycles. The van der Waals surface area contributed by atoms with E-state index < -0.39 is 4.92 Å². The Hall–Kier alpha value is -1.93. The number of nitrogens with zero attached hydrogens (tertiary/aromatic N) is 4. The van der Waals surface area contributed by atoms with E-state index in [-0.39, 0.29) is 19.0 Å². The van der Waals surface area contributed by atoms with Gasteiger partial charge in [0.15, 0.2) is 0 Å². The number of hydrogen-bond acceptors (Lipinski definition) is 6. The molecular formula is C11H12N4O3S. The maximum Gasteiger partial charge on any atom is 0.342 e. The minimum atomic E-state index is -0.502. The van der Waals surface area contributed by atoms with Crippen LogP contribution in [0.1, 0.15) is 5.82 Å². The van der Waals surface area contributed by atoms with Gasteiger partial charge >= 0.3 is 5.82 Å². The molecule has 0 aromatic carbocycles. The fourth-order valence-corrected chi connectivity index (χ4v) is 2.40. The van der Waals surface area contributed by atoms with Crippen LogP contribution in [-0.2, 0) is 12.3 Å². The van der Waals surface area contributed by atoms with E-state index >= 15 is 0 Å². The summed E-state index contributed by atoms with van der Waals surface area (Å²) in [7, 11) is 0. The van der Waals surface area contributed by atoms with Crippen molar-refractivity contribution in [3.63, 3.8) is 0 Å². The van der Waals surface area contributed by atoms with E-state index in [1.807, 2.05) is 18.2 Å². The van der Waals surface area contributed by atoms with E-state index in [1.165, 1.54) is 22.5 Å². The number of nitro groups is 1. The molecule has 0 atom stereocenters. The van der Waals surface area contributed by atoms with Crippen molar-refractivity contribution in [1.82, 2.24) is 14.5 Å². The van der Waals surface area contributed by atoms with Gasteiger partial charge in [0.25, 0.3) is 0 Å². The molecule has 0 radical (unpaired) electrons. The lowest BCUT2D eigenvalue weighted by atomic mass is 10.5. The molecule has 2 aromatic rings. The van der Waals surface area contributed by atoms with E-state index in [2.05, 4.69) is 9.97 Å². The predicted molar refractivity (Wildman–Crippen MR) is 69.8 cm³/mol. The van der Waals surface area contributed by atoms with Crippen molar-refractivity contribution in [3.05, 3.63) is 46.5 Å². The Morgan fingerprint density at radius 2 is 2.26 bits per heavy atom. The molecular weight excluding hydrogens is 268 g/mol. The number of imidazole rings is 1. The smallest absolute Gasteiger partial charge is 0.342 e. The number of aromatic nitrogens is 3. The number of aliphatic hydroxyl groups excluding tert-OH is 1. The van der Waals surface area contributed by atoms with Crippen LogP contribution >= 0.6 is 11.8 Å². The summed E-state index contributed by atoms with van der Waals surface area (Å²) in [5.41, 5.74) is 0. The molecule has 0 saturated carbocycles. The van der Waals surface area contributed by atoms with Gasteiger partial charge in [-0.25, -0.2) is 14.5 Å². The molecule has 0 bridgehead atoms. The summed E-state index contributed by atoms with van der Waals surface area (Å²) in [6.45, 7) is -0.00706. The number of hydrogen-bond donors (Lipinski definition) is 1. The molecule has 100 valence electrons. The minimum absolute atomic E-state index is 0.106. The first-order chi connectivity index (χ1) is 9.22. The molecule has 7 nitrogen and oxygen atoms in total. The van der Waals surface area contributed by atoms with E-state index in [1.54, 1.807) is 6.20 Å². The second kappa shape index (κ2) is 6.30. The van der Waals surface area contributed by atoms with Crippen LogP contribution in [0.2, 0.25) is 0 Å². The molecule has 0 amide bonds. The van der Waals surface area contributed by atoms with Crippen molar-refractivity contribution >= 4 is 17.6 Å². The first kappa shape index (κ1) is 13.5. The topological polar surface area (TPSA) is 94.1 Å². The molecule has 0 fully saturated rings. The number of rotatable bonds is 6. The van der Waals surface area contributed by atoms with Gasteiger partial charge < -0.3 is 15.2 Å². The highest BCUT2D eigenvalue weighted by molar-refractivity contribution is 7.98. The van der Waals surface area contributed by atoms with Crippen molar-refractivity contribution in [1.29, 1.82) is 0 Å². The highest BCUT2D eigenvalue weighted by Gasteiger charge is 2.19. The summed E-state index contributed by atoms with van der Waals surface area (Å²) in [6, 6.07) is 5.55. The van der Waals surface area contributed by atoms with Crippen LogP contribution in [0, 0.1) is 10.1 Å². The third-order valence-electron chi connectivity index (χ3n) is 2.41. The molecule has 2 rings (SSSR count). The van der Waals surface area contributed by atoms with Crippen LogP contribution in [0.5, 0.6) is 0 Å². The molecule has 0 saturated heterocycles. The summed E-state index contributed by atoms with van der Waals surface area (Å²) in [5.74, 6) is 0.910. The standard InChI is InChI=1S/C11H12N4O3S/c16-6-5-14-9(13-7-11(14)15(17)18)8-19-10-3-1-2-4-12-10/h1-4,7,16H,5-6,8H2. The van der Waals surface area contributed by atoms with Gasteiger partial charge in [0, 0.05) is 6.20 Å². The van der Waals surface area contributed by atoms with Crippen molar-refractivity contribution in [2.75, 3.05) is 6.61 Å². The molecule has 8 heteroatoms. The van der Waals surface area contributed by atoms with Gasteiger partial charge in [0.05, 0.1) is 17.4 Å². The van der Waals surface area contributed by atoms with Crippen LogP contribution in [-0.4, -0.2) is 31.2 Å². The maximum absolute atomic E-state index is 10.8. The molecule has 2 aromatic heterocycles. The van der Waals surface area contributed by atoms with Gasteiger partial charge in [-0.2, -0.15) is 0 Å². The summed E-state index contributed by atoms with van der Waals surface area (Å²) < 4.78 is 1.41. The quantitative estimate of drug-likeness (QED) is 0.489. The van der Waals surface area contributed by atoms with Gasteiger partial charge in [-0.3, -0.25) is 0 Å². The Kier molecular flexibility index (Phi) is 4.48. The second-order valence-corrected chi connectivity index (χ2v) is 4.62. The van der Waals surface area contributed by atoms with E-state index in [4.69, 9.17) is 5.11 Å². The lowest BCUT2D eigenvalue weighted by Gasteiger charge is -2.02. The first-order valence-electron chi connectivity index (χ1n) is 5.56. The lowest BCUT2D eigenvalue weighted by Crippen LogP contribution is -2.09. The third-order valence-corrected chi connectivity index (χ3v) is 3.35. The Balaban J connectivity index is 2.14. The Bertz CT molecular complexity index is 558. The van der Waals surface area contributed by atoms with Crippen molar-refractivity contribution in [3.8, 4) is 0 Å². The zero-order chi connectivity index (χ0) is 13.7. The molecule has 1 N–H and O–H groups in total. The van der Waals surface area contributed by atoms with Crippen molar-refractivity contribution in [2.45, 2.75) is 17.3 Å². The van der Waals surface area contributed by atoms with Crippen LogP contribution in [0.15, 0.2) is 35.6 Å². The third kappa shape index (κ3) is 3.30. The van der Waals surface area contributed by atoms with Gasteiger partial charge in [-0.1, -0.05) is 17.8 Å². The summed E-state index contributed by atoms with van der Waals surface area (Å²) in [4.78, 5) is 18.5. The molecule has 0 aliphatic rings. The molecule has 0 spiro atoms. The first-order valence-corrected chi connectivity index (χ1v) is 6.54. The van der Waals surface area contributed by atoms with Gasteiger partial charge in [0.1, 0.15) is 12.7 Å². The monoisotopic (exact) mass is 280 g/mol. The second-order valence-electron chi connectivity index (χ2n) is 3.62. The Labute approximate surface area is 113 Å². The van der Waals surface area contributed by atoms with E-state index in [9.17, 15) is 10.1 Å². The number of pyridine rings is 1. The van der Waals surface area contributed by atoms with Crippen molar-refractivity contribution < 1.29 is 10.0 Å². The average molecular weight is 280 g/mol. The van der Waals surface area contributed by atoms with E-state index in [0.29, 0.717) is 11.6 Å². The van der Waals surface area contributed by atoms with Gasteiger partial charge in [-0.05, 0) is 17.1 Å². The molecule has 19 heavy (non-hydrogen) atoms. The van der Waals surface area contributed by atoms with Crippen LogP contribution in [0.3, 0.4) is 0 Å². The number of thioether (sulfide) groups is 1. The number of aliphatic hydroxyl groups is 1. The normalized spacial score (nSPS) is 10.6. The largest absolute Gasteiger partial charge is 0.392 e. The minimum Gasteiger partial charge on any atom is -0.392 e. The zero-order valence-corrected chi connectivity index (χ0v) is 10.8. The lowest BCUT2D eigenvalue weighted by molar-refractivity contribution is -0.392. The highest BCUT2D eigenvalue weighted by Crippen LogP contribution is 2.22. The van der Waals surface area contributed by atoms with E-state index in [0.717, 1.165) is 5.03 Å². The summed E-state index contributed by atoms with van der Waals surface area (Å²) in [5, 5.41) is 20.6. The SMILES string of the molecule is O=[N+]([O-])c1cnc(CSc2ccccn2)n1CCO. The Morgan fingerprint density at radius 1 is 1.42 bits per heavy atom. The molecule has 0 unspecified atom stereocenters. The maximum atomic E-state index is 10.8.